The van der Waals surface area contributed by atoms with Crippen LogP contribution in [0.15, 0.2) is 48.5 Å². The summed E-state index contributed by atoms with van der Waals surface area (Å²) in [5, 5.41) is 0. The summed E-state index contributed by atoms with van der Waals surface area (Å²) in [5.74, 6) is 0.659. The van der Waals surface area contributed by atoms with Gasteiger partial charge in [0.05, 0.1) is 24.9 Å². The summed E-state index contributed by atoms with van der Waals surface area (Å²) in [6.07, 6.45) is -4.25. The van der Waals surface area contributed by atoms with Gasteiger partial charge in [-0.15, -0.1) is 0 Å². The molecule has 2 aromatic carbocycles. The largest absolute Gasteiger partial charge is 0.416 e. The number of benzene rings is 2. The van der Waals surface area contributed by atoms with E-state index < -0.39 is 17.3 Å². The SMILES string of the molecule is CC(C)OC1(c2ccc(C(=O)N3CC4CN(c5ccc(C(F)(F)F)cc5)CC4C3)cc2)COC1. The van der Waals surface area contributed by atoms with E-state index >= 15 is 0 Å². The number of amides is 1. The van der Waals surface area contributed by atoms with Crippen LogP contribution in [0.4, 0.5) is 18.9 Å². The molecule has 0 aromatic heterocycles. The topological polar surface area (TPSA) is 42.0 Å². The van der Waals surface area contributed by atoms with Crippen LogP contribution in [-0.4, -0.2) is 56.3 Å². The third-order valence-electron chi connectivity index (χ3n) is 7.12. The molecule has 2 atom stereocenters. The van der Waals surface area contributed by atoms with E-state index in [1.807, 2.05) is 43.0 Å². The molecular weight excluding hydrogens is 445 g/mol. The number of carbonyl (C=O) groups is 1. The second kappa shape index (κ2) is 8.57. The van der Waals surface area contributed by atoms with Crippen molar-refractivity contribution in [3.05, 3.63) is 65.2 Å². The molecule has 3 aliphatic heterocycles. The minimum atomic E-state index is -4.33. The summed E-state index contributed by atoms with van der Waals surface area (Å²) in [5.41, 5.74) is 1.42. The highest BCUT2D eigenvalue weighted by Crippen LogP contribution is 2.37. The third kappa shape index (κ3) is 4.29. The van der Waals surface area contributed by atoms with Crippen LogP contribution in [-0.2, 0) is 21.3 Å². The number of alkyl halides is 3. The van der Waals surface area contributed by atoms with Crippen molar-refractivity contribution in [1.82, 2.24) is 4.90 Å². The van der Waals surface area contributed by atoms with Crippen LogP contribution in [0.25, 0.3) is 0 Å². The van der Waals surface area contributed by atoms with Gasteiger partial charge in [-0.05, 0) is 55.8 Å². The van der Waals surface area contributed by atoms with Gasteiger partial charge >= 0.3 is 6.18 Å². The molecule has 3 heterocycles. The van der Waals surface area contributed by atoms with Gasteiger partial charge in [0, 0.05) is 49.3 Å². The van der Waals surface area contributed by atoms with Crippen molar-refractivity contribution >= 4 is 11.6 Å². The highest BCUT2D eigenvalue weighted by molar-refractivity contribution is 5.94. The fourth-order valence-corrected chi connectivity index (χ4v) is 5.37. The molecule has 8 heteroatoms. The van der Waals surface area contributed by atoms with Crippen molar-refractivity contribution < 1.29 is 27.4 Å². The molecule has 34 heavy (non-hydrogen) atoms. The number of hydrogen-bond acceptors (Lipinski definition) is 4. The Morgan fingerprint density at radius 3 is 2.03 bits per heavy atom. The summed E-state index contributed by atoms with van der Waals surface area (Å²) in [6, 6.07) is 13.0. The highest BCUT2D eigenvalue weighted by Gasteiger charge is 2.44. The number of hydrogen-bond donors (Lipinski definition) is 0. The Kier molecular flexibility index (Phi) is 5.84. The molecule has 0 aliphatic carbocycles. The Balaban J connectivity index is 1.20. The standard InChI is InChI=1S/C26H29F3N2O3/c1-17(2)34-25(15-33-16-25)21-5-3-18(4-6-21)24(32)31-13-19-11-30(12-20(19)14-31)23-9-7-22(8-10-23)26(27,28)29/h3-10,17,19-20H,11-16H2,1-2H3. The number of likely N-dealkylation sites (tertiary alicyclic amines) is 1. The summed E-state index contributed by atoms with van der Waals surface area (Å²) in [6.45, 7) is 7.85. The number of carbonyl (C=O) groups excluding carboxylic acids is 1. The first-order valence-electron chi connectivity index (χ1n) is 11.7. The van der Waals surface area contributed by atoms with Gasteiger partial charge in [-0.25, -0.2) is 0 Å². The lowest BCUT2D eigenvalue weighted by atomic mass is 9.90. The Labute approximate surface area is 197 Å². The van der Waals surface area contributed by atoms with Crippen molar-refractivity contribution in [3.63, 3.8) is 0 Å². The van der Waals surface area contributed by atoms with E-state index in [9.17, 15) is 18.0 Å². The van der Waals surface area contributed by atoms with Crippen LogP contribution in [0.2, 0.25) is 0 Å². The normalized spacial score (nSPS) is 23.8. The molecule has 1 amide bonds. The Morgan fingerprint density at radius 1 is 0.971 bits per heavy atom. The van der Waals surface area contributed by atoms with Crippen molar-refractivity contribution in [2.75, 3.05) is 44.3 Å². The molecule has 0 spiro atoms. The molecule has 3 fully saturated rings. The summed E-state index contributed by atoms with van der Waals surface area (Å²) in [7, 11) is 0. The number of halogens is 3. The monoisotopic (exact) mass is 474 g/mol. The number of fused-ring (bicyclic) bond motifs is 1. The Bertz CT molecular complexity index is 1020. The predicted octanol–water partition coefficient (Wildman–Crippen LogP) is 4.56. The zero-order chi connectivity index (χ0) is 24.1. The maximum atomic E-state index is 13.1. The predicted molar refractivity (Wildman–Crippen MR) is 122 cm³/mol. The van der Waals surface area contributed by atoms with E-state index in [0.29, 0.717) is 43.7 Å². The second-order valence-corrected chi connectivity index (χ2v) is 9.91. The molecule has 0 saturated carbocycles. The number of nitrogens with zero attached hydrogens (tertiary/aromatic N) is 2. The van der Waals surface area contributed by atoms with Gasteiger partial charge < -0.3 is 19.3 Å². The van der Waals surface area contributed by atoms with Crippen molar-refractivity contribution in [2.45, 2.75) is 31.7 Å². The summed E-state index contributed by atoms with van der Waals surface area (Å²) >= 11 is 0. The average Bonchev–Trinajstić information content (AvgIpc) is 3.35. The quantitative estimate of drug-likeness (QED) is 0.637. The van der Waals surface area contributed by atoms with Gasteiger partial charge in [-0.3, -0.25) is 4.79 Å². The van der Waals surface area contributed by atoms with Gasteiger partial charge in [0.2, 0.25) is 0 Å². The van der Waals surface area contributed by atoms with E-state index in [2.05, 4.69) is 4.90 Å². The molecule has 2 unspecified atom stereocenters. The smallest absolute Gasteiger partial charge is 0.375 e. The van der Waals surface area contributed by atoms with Gasteiger partial charge in [0.1, 0.15) is 5.60 Å². The first-order chi connectivity index (χ1) is 16.1. The van der Waals surface area contributed by atoms with E-state index in [1.165, 1.54) is 12.1 Å². The van der Waals surface area contributed by atoms with Crippen LogP contribution >= 0.6 is 0 Å². The van der Waals surface area contributed by atoms with Crippen molar-refractivity contribution in [2.24, 2.45) is 11.8 Å². The lowest BCUT2D eigenvalue weighted by molar-refractivity contribution is -0.232. The van der Waals surface area contributed by atoms with E-state index in [4.69, 9.17) is 9.47 Å². The second-order valence-electron chi connectivity index (χ2n) is 9.91. The molecular formula is C26H29F3N2O3. The summed E-state index contributed by atoms with van der Waals surface area (Å²) < 4.78 is 50.0. The van der Waals surface area contributed by atoms with E-state index in [0.717, 1.165) is 36.5 Å². The Morgan fingerprint density at radius 2 is 1.56 bits per heavy atom. The summed E-state index contributed by atoms with van der Waals surface area (Å²) in [4.78, 5) is 17.2. The maximum Gasteiger partial charge on any atom is 0.416 e. The zero-order valence-electron chi connectivity index (χ0n) is 19.3. The molecule has 0 radical (unpaired) electrons. The molecule has 3 saturated heterocycles. The maximum absolute atomic E-state index is 13.1. The van der Waals surface area contributed by atoms with Crippen LogP contribution < -0.4 is 4.90 Å². The van der Waals surface area contributed by atoms with Crippen LogP contribution in [0.1, 0.15) is 35.3 Å². The molecule has 3 aliphatic rings. The van der Waals surface area contributed by atoms with Gasteiger partial charge in [0.15, 0.2) is 0 Å². The van der Waals surface area contributed by atoms with Crippen molar-refractivity contribution in [3.8, 4) is 0 Å². The van der Waals surface area contributed by atoms with Crippen LogP contribution in [0, 0.1) is 11.8 Å². The molecule has 5 rings (SSSR count). The average molecular weight is 475 g/mol. The van der Waals surface area contributed by atoms with Gasteiger partial charge in [-0.2, -0.15) is 13.2 Å². The zero-order valence-corrected chi connectivity index (χ0v) is 19.3. The Hall–Kier alpha value is -2.58. The lowest BCUT2D eigenvalue weighted by Crippen LogP contribution is -2.50. The van der Waals surface area contributed by atoms with Crippen LogP contribution in [0.5, 0.6) is 0 Å². The molecule has 0 bridgehead atoms. The molecule has 182 valence electrons. The minimum Gasteiger partial charge on any atom is -0.375 e. The third-order valence-corrected chi connectivity index (χ3v) is 7.12. The van der Waals surface area contributed by atoms with Crippen molar-refractivity contribution in [1.29, 1.82) is 0 Å². The highest BCUT2D eigenvalue weighted by atomic mass is 19.4. The molecule has 2 aromatic rings. The number of anilines is 1. The minimum absolute atomic E-state index is 0.0192. The van der Waals surface area contributed by atoms with E-state index in [-0.39, 0.29) is 12.0 Å². The number of rotatable bonds is 5. The fourth-order valence-electron chi connectivity index (χ4n) is 5.37. The van der Waals surface area contributed by atoms with Gasteiger partial charge in [-0.1, -0.05) is 12.1 Å². The fraction of sp³-hybridized carbons (Fsp3) is 0.500. The first-order valence-corrected chi connectivity index (χ1v) is 11.7. The van der Waals surface area contributed by atoms with Crippen LogP contribution in [0.3, 0.4) is 0 Å². The van der Waals surface area contributed by atoms with E-state index in [1.54, 1.807) is 0 Å². The first kappa shape index (κ1) is 23.2. The molecule has 0 N–H and O–H groups in total. The molecule has 5 nitrogen and oxygen atoms in total. The lowest BCUT2D eigenvalue weighted by Gasteiger charge is -2.43. The number of ether oxygens (including phenoxy) is 2. The van der Waals surface area contributed by atoms with Gasteiger partial charge in [0.25, 0.3) is 5.91 Å².